The van der Waals surface area contributed by atoms with Crippen LogP contribution in [0.15, 0.2) is 24.3 Å². The molecule has 3 rings (SSSR count). The van der Waals surface area contributed by atoms with Crippen LogP contribution in [0.3, 0.4) is 0 Å². The van der Waals surface area contributed by atoms with E-state index in [2.05, 4.69) is 0 Å². The maximum atomic E-state index is 13.6. The van der Waals surface area contributed by atoms with Crippen molar-refractivity contribution in [2.24, 2.45) is 11.1 Å². The van der Waals surface area contributed by atoms with Gasteiger partial charge in [-0.05, 0) is 25.3 Å². The van der Waals surface area contributed by atoms with E-state index in [1.807, 2.05) is 6.07 Å². The number of benzene rings is 1. The largest absolute Gasteiger partial charge is 0.373 e. The van der Waals surface area contributed by atoms with Crippen molar-refractivity contribution in [1.29, 1.82) is 0 Å². The van der Waals surface area contributed by atoms with Gasteiger partial charge in [0.2, 0.25) is 0 Å². The lowest BCUT2D eigenvalue weighted by Gasteiger charge is -2.56. The van der Waals surface area contributed by atoms with Crippen molar-refractivity contribution in [2.75, 3.05) is 0 Å². The van der Waals surface area contributed by atoms with Crippen molar-refractivity contribution < 1.29 is 9.13 Å². The molecule has 2 aliphatic rings. The third kappa shape index (κ3) is 2.30. The summed E-state index contributed by atoms with van der Waals surface area (Å²) in [6.45, 7) is 0.367. The molecule has 0 aromatic heterocycles. The summed E-state index contributed by atoms with van der Waals surface area (Å²) in [5.74, 6) is -0.177. The molecule has 104 valence electrons. The Kier molecular flexibility index (Phi) is 3.59. The summed E-state index contributed by atoms with van der Waals surface area (Å²) < 4.78 is 19.6. The van der Waals surface area contributed by atoms with Gasteiger partial charge in [0.25, 0.3) is 0 Å². The number of nitrogens with two attached hydrogens (primary N) is 1. The van der Waals surface area contributed by atoms with E-state index in [0.29, 0.717) is 12.2 Å². The standard InChI is InChI=1S/C16H22FNO/c17-13-7-3-2-6-12(13)11-19-15-10-14(18)16(15)8-4-1-5-9-16/h2-3,6-7,14-15H,1,4-5,8-11,18H2. The first kappa shape index (κ1) is 13.1. The van der Waals surface area contributed by atoms with Gasteiger partial charge >= 0.3 is 0 Å². The van der Waals surface area contributed by atoms with E-state index >= 15 is 0 Å². The molecule has 3 heteroatoms. The quantitative estimate of drug-likeness (QED) is 0.907. The minimum atomic E-state index is -0.177. The third-order valence-electron chi connectivity index (χ3n) is 5.03. The van der Waals surface area contributed by atoms with Crippen LogP contribution >= 0.6 is 0 Å². The molecule has 2 aliphatic carbocycles. The summed E-state index contributed by atoms with van der Waals surface area (Å²) in [5, 5.41) is 0. The lowest BCUT2D eigenvalue weighted by atomic mass is 9.55. The molecule has 2 N–H and O–H groups in total. The molecule has 2 saturated carbocycles. The number of halogens is 1. The van der Waals surface area contributed by atoms with Gasteiger partial charge in [-0.25, -0.2) is 4.39 Å². The van der Waals surface area contributed by atoms with Gasteiger partial charge in [0, 0.05) is 17.0 Å². The molecule has 2 fully saturated rings. The van der Waals surface area contributed by atoms with Gasteiger partial charge in [-0.1, -0.05) is 37.5 Å². The fourth-order valence-corrected chi connectivity index (χ4v) is 3.72. The number of rotatable bonds is 3. The second kappa shape index (κ2) is 5.22. The maximum Gasteiger partial charge on any atom is 0.128 e. The van der Waals surface area contributed by atoms with Crippen LogP contribution in [0.5, 0.6) is 0 Å². The fourth-order valence-electron chi connectivity index (χ4n) is 3.72. The van der Waals surface area contributed by atoms with E-state index < -0.39 is 0 Å². The van der Waals surface area contributed by atoms with Gasteiger partial charge in [-0.15, -0.1) is 0 Å². The van der Waals surface area contributed by atoms with Gasteiger partial charge in [0.15, 0.2) is 0 Å². The minimum absolute atomic E-state index is 0.177. The Bertz CT molecular complexity index is 442. The lowest BCUT2D eigenvalue weighted by molar-refractivity contribution is -0.149. The van der Waals surface area contributed by atoms with Gasteiger partial charge in [-0.3, -0.25) is 0 Å². The molecule has 2 unspecified atom stereocenters. The second-order valence-corrected chi connectivity index (χ2v) is 6.03. The zero-order chi connectivity index (χ0) is 13.3. The topological polar surface area (TPSA) is 35.2 Å². The van der Waals surface area contributed by atoms with E-state index in [1.54, 1.807) is 12.1 Å². The highest BCUT2D eigenvalue weighted by Crippen LogP contribution is 2.52. The minimum Gasteiger partial charge on any atom is -0.373 e. The van der Waals surface area contributed by atoms with Crippen LogP contribution in [-0.4, -0.2) is 12.1 Å². The normalized spacial score (nSPS) is 29.2. The maximum absolute atomic E-state index is 13.6. The molecule has 2 atom stereocenters. The zero-order valence-electron chi connectivity index (χ0n) is 11.3. The first-order chi connectivity index (χ1) is 9.22. The lowest BCUT2D eigenvalue weighted by Crippen LogP contribution is -2.62. The molecule has 0 saturated heterocycles. The number of hydrogen-bond donors (Lipinski definition) is 1. The molecular weight excluding hydrogens is 241 g/mol. The van der Waals surface area contributed by atoms with E-state index in [1.165, 1.54) is 38.2 Å². The van der Waals surface area contributed by atoms with Crippen LogP contribution in [-0.2, 0) is 11.3 Å². The average molecular weight is 263 g/mol. The first-order valence-corrected chi connectivity index (χ1v) is 7.33. The van der Waals surface area contributed by atoms with Crippen LogP contribution in [0, 0.1) is 11.2 Å². The van der Waals surface area contributed by atoms with E-state index in [0.717, 1.165) is 6.42 Å². The van der Waals surface area contributed by atoms with Crippen molar-refractivity contribution in [2.45, 2.75) is 57.3 Å². The molecule has 2 nitrogen and oxygen atoms in total. The highest BCUT2D eigenvalue weighted by atomic mass is 19.1. The molecule has 1 aromatic carbocycles. The highest BCUT2D eigenvalue weighted by Gasteiger charge is 2.53. The summed E-state index contributed by atoms with van der Waals surface area (Å²) in [6.07, 6.45) is 7.33. The van der Waals surface area contributed by atoms with Crippen LogP contribution < -0.4 is 5.73 Å². The van der Waals surface area contributed by atoms with E-state index in [-0.39, 0.29) is 23.4 Å². The van der Waals surface area contributed by atoms with Gasteiger partial charge < -0.3 is 10.5 Å². The SMILES string of the molecule is NC1CC(OCc2ccccc2F)C12CCCCC2. The van der Waals surface area contributed by atoms with E-state index in [4.69, 9.17) is 10.5 Å². The monoisotopic (exact) mass is 263 g/mol. The third-order valence-corrected chi connectivity index (χ3v) is 5.03. The summed E-state index contributed by atoms with van der Waals surface area (Å²) in [7, 11) is 0. The number of hydrogen-bond acceptors (Lipinski definition) is 2. The molecule has 0 radical (unpaired) electrons. The van der Waals surface area contributed by atoms with E-state index in [9.17, 15) is 4.39 Å². The summed E-state index contributed by atoms with van der Waals surface area (Å²) in [4.78, 5) is 0. The van der Waals surface area contributed by atoms with Crippen molar-refractivity contribution in [3.05, 3.63) is 35.6 Å². The van der Waals surface area contributed by atoms with Crippen molar-refractivity contribution >= 4 is 0 Å². The summed E-state index contributed by atoms with van der Waals surface area (Å²) >= 11 is 0. The van der Waals surface area contributed by atoms with Crippen molar-refractivity contribution in [1.82, 2.24) is 0 Å². The Balaban J connectivity index is 1.63. The number of ether oxygens (including phenoxy) is 1. The van der Waals surface area contributed by atoms with Crippen LogP contribution in [0.2, 0.25) is 0 Å². The summed E-state index contributed by atoms with van der Waals surface area (Å²) in [6, 6.07) is 7.12. The Labute approximate surface area is 114 Å². The first-order valence-electron chi connectivity index (χ1n) is 7.33. The molecule has 0 aliphatic heterocycles. The van der Waals surface area contributed by atoms with Gasteiger partial charge in [0.1, 0.15) is 5.82 Å². The van der Waals surface area contributed by atoms with Crippen molar-refractivity contribution in [3.8, 4) is 0 Å². The van der Waals surface area contributed by atoms with Gasteiger partial charge in [-0.2, -0.15) is 0 Å². The average Bonchev–Trinajstić information content (AvgIpc) is 2.46. The van der Waals surface area contributed by atoms with Crippen LogP contribution in [0.25, 0.3) is 0 Å². The zero-order valence-corrected chi connectivity index (χ0v) is 11.3. The molecule has 1 spiro atoms. The van der Waals surface area contributed by atoms with Gasteiger partial charge in [0.05, 0.1) is 12.7 Å². The van der Waals surface area contributed by atoms with Crippen LogP contribution in [0.4, 0.5) is 4.39 Å². The fraction of sp³-hybridized carbons (Fsp3) is 0.625. The highest BCUT2D eigenvalue weighted by molar-refractivity contribution is 5.16. The molecule has 19 heavy (non-hydrogen) atoms. The Morgan fingerprint density at radius 3 is 2.63 bits per heavy atom. The molecule has 0 amide bonds. The Hall–Kier alpha value is -0.930. The molecular formula is C16H22FNO. The molecule has 0 heterocycles. The second-order valence-electron chi connectivity index (χ2n) is 6.03. The molecule has 0 bridgehead atoms. The Morgan fingerprint density at radius 2 is 1.95 bits per heavy atom. The Morgan fingerprint density at radius 1 is 1.21 bits per heavy atom. The molecule has 1 aromatic rings. The van der Waals surface area contributed by atoms with Crippen molar-refractivity contribution in [3.63, 3.8) is 0 Å². The summed E-state index contributed by atoms with van der Waals surface area (Å²) in [5.41, 5.74) is 7.05. The smallest absolute Gasteiger partial charge is 0.128 e. The predicted octanol–water partition coefficient (Wildman–Crippen LogP) is 3.39. The van der Waals surface area contributed by atoms with Crippen LogP contribution in [0.1, 0.15) is 44.1 Å². The predicted molar refractivity (Wildman–Crippen MR) is 73.1 cm³/mol.